The number of likely N-dealkylation sites (tertiary alicyclic amines) is 1. The quantitative estimate of drug-likeness (QED) is 0.230. The van der Waals surface area contributed by atoms with Gasteiger partial charge in [0.2, 0.25) is 11.8 Å². The molecule has 0 aromatic carbocycles. The van der Waals surface area contributed by atoms with E-state index >= 15 is 4.39 Å². The van der Waals surface area contributed by atoms with Crippen molar-refractivity contribution in [2.45, 2.75) is 128 Å². The Labute approximate surface area is 263 Å². The van der Waals surface area contributed by atoms with E-state index in [1.54, 1.807) is 0 Å². The number of rotatable bonds is 10. The van der Waals surface area contributed by atoms with Crippen molar-refractivity contribution < 1.29 is 18.4 Å². The predicted molar refractivity (Wildman–Crippen MR) is 170 cm³/mol. The number of halogens is 2. The van der Waals surface area contributed by atoms with Crippen molar-refractivity contribution in [2.75, 3.05) is 52.4 Å². The summed E-state index contributed by atoms with van der Waals surface area (Å²) >= 11 is 0. The molecule has 0 aliphatic carbocycles. The number of alkyl halides is 2. The van der Waals surface area contributed by atoms with Gasteiger partial charge in [0, 0.05) is 57.9 Å². The first kappa shape index (κ1) is 35.4. The molecule has 254 valence electrons. The highest BCUT2D eigenvalue weighted by molar-refractivity contribution is 5.82. The third-order valence-electron chi connectivity index (χ3n) is 10.8. The molecule has 10 nitrogen and oxygen atoms in total. The summed E-state index contributed by atoms with van der Waals surface area (Å²) in [6.07, 6.45) is 3.74. The number of amides is 2. The zero-order chi connectivity index (χ0) is 32.0. The van der Waals surface area contributed by atoms with E-state index in [1.807, 2.05) is 4.90 Å². The summed E-state index contributed by atoms with van der Waals surface area (Å²) < 4.78 is 30.3. The molecule has 0 radical (unpaired) electrons. The summed E-state index contributed by atoms with van der Waals surface area (Å²) in [7, 11) is 0. The second-order valence-corrected chi connectivity index (χ2v) is 14.5. The number of piperazine rings is 1. The van der Waals surface area contributed by atoms with Crippen LogP contribution in [0.5, 0.6) is 0 Å². The molecule has 7 N–H and O–H groups in total. The van der Waals surface area contributed by atoms with Crippen LogP contribution in [-0.4, -0.2) is 128 Å². The smallest absolute Gasteiger partial charge is 0.240 e. The number of nitrogens with two attached hydrogens (primary N) is 2. The highest BCUT2D eigenvalue weighted by Crippen LogP contribution is 2.38. The fourth-order valence-electron chi connectivity index (χ4n) is 8.19. The van der Waals surface area contributed by atoms with Gasteiger partial charge < -0.3 is 32.3 Å². The lowest BCUT2D eigenvalue weighted by atomic mass is 9.71. The average Bonchev–Trinajstić information content (AvgIpc) is 3.48. The topological polar surface area (TPSA) is 132 Å². The molecule has 0 saturated carbocycles. The van der Waals surface area contributed by atoms with Crippen LogP contribution in [-0.2, 0) is 9.59 Å². The minimum absolute atomic E-state index is 0.0720. The number of piperidine rings is 1. The van der Waals surface area contributed by atoms with Gasteiger partial charge in [-0.15, -0.1) is 0 Å². The molecule has 12 heteroatoms. The summed E-state index contributed by atoms with van der Waals surface area (Å²) in [5.41, 5.74) is 12.4. The number of unbranched alkanes of at least 4 members (excludes halogenated alkanes) is 1. The zero-order valence-electron chi connectivity index (χ0n) is 27.6. The van der Waals surface area contributed by atoms with E-state index in [-0.39, 0.29) is 42.4 Å². The van der Waals surface area contributed by atoms with Crippen LogP contribution in [0.3, 0.4) is 0 Å². The fraction of sp³-hybridized carbons (Fsp3) is 0.938. The first-order valence-electron chi connectivity index (χ1n) is 17.3. The Kier molecular flexibility index (Phi) is 12.8. The van der Waals surface area contributed by atoms with E-state index in [1.165, 1.54) is 0 Å². The number of nitrogens with zero attached hydrogens (tertiary/aromatic N) is 3. The Balaban J connectivity index is 1.42. The van der Waals surface area contributed by atoms with Gasteiger partial charge in [-0.1, -0.05) is 26.7 Å². The van der Waals surface area contributed by atoms with Crippen molar-refractivity contribution >= 4 is 11.8 Å². The molecule has 2 amide bonds. The Bertz CT molecular complexity index is 936. The maximum Gasteiger partial charge on any atom is 0.240 e. The van der Waals surface area contributed by atoms with E-state index in [4.69, 9.17) is 11.5 Å². The summed E-state index contributed by atoms with van der Waals surface area (Å²) in [5, 5.41) is 9.56. The van der Waals surface area contributed by atoms with E-state index in [2.05, 4.69) is 53.4 Å². The molecule has 8 unspecified atom stereocenters. The Morgan fingerprint density at radius 1 is 1.05 bits per heavy atom. The average molecular weight is 627 g/mol. The maximum atomic E-state index is 15.6. The summed E-state index contributed by atoms with van der Waals surface area (Å²) in [6.45, 7) is 12.5. The molecule has 4 fully saturated rings. The van der Waals surface area contributed by atoms with Gasteiger partial charge in [-0.3, -0.25) is 19.4 Å². The van der Waals surface area contributed by atoms with Crippen LogP contribution in [0.4, 0.5) is 8.78 Å². The van der Waals surface area contributed by atoms with Crippen LogP contribution >= 0.6 is 0 Å². The number of carbonyl (C=O) groups excluding carboxylic acids is 2. The SMILES string of the molecule is CCCCC1(C)CCC(F)CNC(C(C(=O)NC2CNCC(F)C2N2CCN(C(=O)C3CCCN3C(C)C)CC2)C(N)N)C1. The van der Waals surface area contributed by atoms with Crippen LogP contribution < -0.4 is 27.4 Å². The van der Waals surface area contributed by atoms with Gasteiger partial charge in [0.25, 0.3) is 0 Å². The Morgan fingerprint density at radius 3 is 2.43 bits per heavy atom. The van der Waals surface area contributed by atoms with Gasteiger partial charge in [-0.25, -0.2) is 8.78 Å². The van der Waals surface area contributed by atoms with Gasteiger partial charge >= 0.3 is 0 Å². The molecule has 0 aromatic heterocycles. The molecule has 4 heterocycles. The van der Waals surface area contributed by atoms with Crippen molar-refractivity contribution in [3.05, 3.63) is 0 Å². The molecule has 44 heavy (non-hydrogen) atoms. The number of hydrogen-bond acceptors (Lipinski definition) is 8. The van der Waals surface area contributed by atoms with Gasteiger partial charge in [0.15, 0.2) is 0 Å². The normalized spacial score (nSPS) is 35.5. The van der Waals surface area contributed by atoms with E-state index in [0.29, 0.717) is 51.6 Å². The number of carbonyl (C=O) groups is 2. The zero-order valence-corrected chi connectivity index (χ0v) is 27.6. The van der Waals surface area contributed by atoms with E-state index < -0.39 is 36.5 Å². The third-order valence-corrected chi connectivity index (χ3v) is 10.8. The lowest BCUT2D eigenvalue weighted by Gasteiger charge is -2.47. The highest BCUT2D eigenvalue weighted by atomic mass is 19.1. The number of nitrogens with one attached hydrogen (secondary N) is 3. The lowest BCUT2D eigenvalue weighted by Crippen LogP contribution is -2.69. The van der Waals surface area contributed by atoms with Crippen molar-refractivity contribution in [1.82, 2.24) is 30.7 Å². The molecule has 4 saturated heterocycles. The van der Waals surface area contributed by atoms with Crippen molar-refractivity contribution in [3.63, 3.8) is 0 Å². The molecule has 0 aromatic rings. The Hall–Kier alpha value is -1.44. The molecule has 4 rings (SSSR count). The molecule has 8 atom stereocenters. The van der Waals surface area contributed by atoms with Crippen molar-refractivity contribution in [2.24, 2.45) is 22.8 Å². The van der Waals surface area contributed by atoms with E-state index in [0.717, 1.165) is 45.1 Å². The summed E-state index contributed by atoms with van der Waals surface area (Å²) in [5.74, 6) is -0.927. The first-order chi connectivity index (χ1) is 20.9. The molecular weight excluding hydrogens is 566 g/mol. The maximum absolute atomic E-state index is 15.6. The highest BCUT2D eigenvalue weighted by Gasteiger charge is 2.44. The van der Waals surface area contributed by atoms with Crippen LogP contribution in [0.25, 0.3) is 0 Å². The lowest BCUT2D eigenvalue weighted by molar-refractivity contribution is -0.139. The summed E-state index contributed by atoms with van der Waals surface area (Å²) in [4.78, 5) is 33.6. The number of hydrogen-bond donors (Lipinski definition) is 5. The van der Waals surface area contributed by atoms with Crippen LogP contribution in [0, 0.1) is 11.3 Å². The van der Waals surface area contributed by atoms with Gasteiger partial charge in [-0.2, -0.15) is 0 Å². The van der Waals surface area contributed by atoms with Gasteiger partial charge in [-0.05, 0) is 64.3 Å². The van der Waals surface area contributed by atoms with Crippen LogP contribution in [0.1, 0.15) is 79.1 Å². The second-order valence-electron chi connectivity index (χ2n) is 14.5. The minimum atomic E-state index is -1.18. The summed E-state index contributed by atoms with van der Waals surface area (Å²) in [6, 6.07) is -1.15. The minimum Gasteiger partial charge on any atom is -0.350 e. The Morgan fingerprint density at radius 2 is 1.77 bits per heavy atom. The van der Waals surface area contributed by atoms with Crippen molar-refractivity contribution in [3.8, 4) is 0 Å². The van der Waals surface area contributed by atoms with Crippen LogP contribution in [0.2, 0.25) is 0 Å². The predicted octanol–water partition coefficient (Wildman–Crippen LogP) is 1.33. The molecule has 4 aliphatic heterocycles. The standard InChI is InChI=1S/C32H60F2N8O2/c1-5-6-10-32(4)11-9-22(33)18-38-24(17-32)27(29(35)36)30(43)39-25-20-37-19-23(34)28(25)40-13-15-41(16-14-40)31(44)26-8-7-12-42(26)21(2)3/h21-29,37-38H,5-20,35-36H2,1-4H3,(H,39,43). The van der Waals surface area contributed by atoms with E-state index in [9.17, 15) is 14.0 Å². The molecule has 0 spiro atoms. The van der Waals surface area contributed by atoms with Crippen molar-refractivity contribution in [1.29, 1.82) is 0 Å². The molecule has 0 bridgehead atoms. The largest absolute Gasteiger partial charge is 0.350 e. The molecule has 4 aliphatic rings. The first-order valence-corrected chi connectivity index (χ1v) is 17.3. The van der Waals surface area contributed by atoms with Gasteiger partial charge in [0.1, 0.15) is 12.3 Å². The van der Waals surface area contributed by atoms with Crippen LogP contribution in [0.15, 0.2) is 0 Å². The van der Waals surface area contributed by atoms with Gasteiger partial charge in [0.05, 0.1) is 30.2 Å². The molecular formula is C32H60F2N8O2. The monoisotopic (exact) mass is 626 g/mol. The third kappa shape index (κ3) is 8.67. The second kappa shape index (κ2) is 15.9. The fourth-order valence-corrected chi connectivity index (χ4v) is 8.19.